The molecule has 0 spiro atoms. The number of aliphatic hydroxyl groups is 2. The van der Waals surface area contributed by atoms with Gasteiger partial charge in [-0.25, -0.2) is 0 Å². The van der Waals surface area contributed by atoms with Crippen LogP contribution >= 0.6 is 0 Å². The first-order chi connectivity index (χ1) is 25.5. The Morgan fingerprint density at radius 2 is 0.544 bits per heavy atom. The first-order valence-corrected chi connectivity index (χ1v) is 23.5. The summed E-state index contributed by atoms with van der Waals surface area (Å²) >= 11 is 0. The molecule has 2 N–H and O–H groups in total. The fourth-order valence-electron chi connectivity index (χ4n) is 13.4. The van der Waals surface area contributed by atoms with Crippen molar-refractivity contribution in [1.29, 1.82) is 0 Å². The lowest BCUT2D eigenvalue weighted by molar-refractivity contribution is -0.153. The van der Waals surface area contributed by atoms with Crippen molar-refractivity contribution in [2.24, 2.45) is 109 Å². The maximum atomic E-state index is 15.1. The van der Waals surface area contributed by atoms with Crippen LogP contribution in [0.25, 0.3) is 0 Å². The van der Waals surface area contributed by atoms with Crippen molar-refractivity contribution >= 4 is 17.3 Å². The minimum atomic E-state index is -0.774. The number of Topliss-reactive ketones (excluding diaryl/α,β-unsaturated/α-hetero) is 3. The average molecular weight is 797 g/mol. The Hall–Kier alpha value is -1.07. The van der Waals surface area contributed by atoms with E-state index in [0.717, 1.165) is 38.5 Å². The van der Waals surface area contributed by atoms with Crippen LogP contribution in [0.1, 0.15) is 189 Å². The third kappa shape index (κ3) is 10.9. The van der Waals surface area contributed by atoms with Gasteiger partial charge in [-0.15, -0.1) is 0 Å². The molecule has 4 aliphatic carbocycles. The molecule has 4 saturated carbocycles. The molecule has 0 radical (unpaired) electrons. The molecule has 57 heavy (non-hydrogen) atoms. The van der Waals surface area contributed by atoms with Gasteiger partial charge in [0.15, 0.2) is 17.3 Å². The highest BCUT2D eigenvalue weighted by Gasteiger charge is 2.55. The number of rotatable bonds is 6. The summed E-state index contributed by atoms with van der Waals surface area (Å²) in [6, 6.07) is 0. The van der Waals surface area contributed by atoms with Crippen molar-refractivity contribution in [3.8, 4) is 0 Å². The Balaban J connectivity index is 1.75. The van der Waals surface area contributed by atoms with E-state index < -0.39 is 30.0 Å². The Bertz CT molecular complexity index is 1150. The van der Waals surface area contributed by atoms with Crippen molar-refractivity contribution in [2.75, 3.05) is 0 Å². The van der Waals surface area contributed by atoms with Crippen LogP contribution in [0.15, 0.2) is 0 Å². The van der Waals surface area contributed by atoms with Crippen molar-refractivity contribution in [3.63, 3.8) is 0 Å². The van der Waals surface area contributed by atoms with Gasteiger partial charge in [-0.2, -0.15) is 0 Å². The zero-order chi connectivity index (χ0) is 43.8. The molecule has 0 aromatic heterocycles. The number of carbonyl (C=O) groups excluding carboxylic acids is 3. The molecule has 0 bridgehead atoms. The van der Waals surface area contributed by atoms with Gasteiger partial charge in [0.05, 0.1) is 30.0 Å². The van der Waals surface area contributed by atoms with E-state index in [1.54, 1.807) is 0 Å². The Labute approximate surface area is 351 Å². The van der Waals surface area contributed by atoms with E-state index in [2.05, 4.69) is 132 Å². The summed E-state index contributed by atoms with van der Waals surface area (Å²) < 4.78 is 0. The van der Waals surface area contributed by atoms with Gasteiger partial charge in [0.25, 0.3) is 0 Å². The molecule has 8 unspecified atom stereocenters. The van der Waals surface area contributed by atoms with E-state index in [-0.39, 0.29) is 91.3 Å². The normalized spacial score (nSPS) is 39.7. The largest absolute Gasteiger partial charge is 0.393 e. The molecule has 0 aromatic carbocycles. The average Bonchev–Trinajstić information content (AvgIpc) is 3.02. The molecule has 0 saturated heterocycles. The third-order valence-corrected chi connectivity index (χ3v) is 16.9. The minimum absolute atomic E-state index is 0.0627. The first kappa shape index (κ1) is 48.6. The molecular weight excluding hydrogens is 705 g/mol. The van der Waals surface area contributed by atoms with Crippen LogP contribution in [0, 0.1) is 109 Å². The smallest absolute Gasteiger partial charge is 0.153 e. The molecule has 4 rings (SSSR count). The van der Waals surface area contributed by atoms with Gasteiger partial charge >= 0.3 is 0 Å². The minimum Gasteiger partial charge on any atom is -0.393 e. The Morgan fingerprint density at radius 3 is 0.719 bits per heavy atom. The molecule has 4 fully saturated rings. The van der Waals surface area contributed by atoms with Crippen LogP contribution in [0.5, 0.6) is 0 Å². The zero-order valence-electron chi connectivity index (χ0n) is 40.6. The van der Waals surface area contributed by atoms with Gasteiger partial charge in [-0.05, 0) is 149 Å². The van der Waals surface area contributed by atoms with Gasteiger partial charge < -0.3 is 10.2 Å². The van der Waals surface area contributed by atoms with Gasteiger partial charge in [-0.1, -0.05) is 132 Å². The van der Waals surface area contributed by atoms with Crippen LogP contribution < -0.4 is 0 Å². The fourth-order valence-corrected chi connectivity index (χ4v) is 13.4. The molecule has 0 aromatic rings. The van der Waals surface area contributed by atoms with E-state index in [0.29, 0.717) is 37.0 Å². The highest BCUT2D eigenvalue weighted by Crippen LogP contribution is 2.56. The molecule has 5 nitrogen and oxygen atoms in total. The quantitative estimate of drug-likeness (QED) is 0.261. The molecule has 4 aliphatic rings. The van der Waals surface area contributed by atoms with Crippen LogP contribution in [0.2, 0.25) is 0 Å². The van der Waals surface area contributed by atoms with Crippen molar-refractivity contribution in [1.82, 2.24) is 0 Å². The second-order valence-corrected chi connectivity index (χ2v) is 27.3. The molecule has 0 aliphatic heterocycles. The third-order valence-electron chi connectivity index (χ3n) is 16.9. The van der Waals surface area contributed by atoms with Gasteiger partial charge in [0, 0.05) is 0 Å². The van der Waals surface area contributed by atoms with E-state index >= 15 is 14.4 Å². The molecule has 8 atom stereocenters. The molecular formula is C52H92O5. The predicted molar refractivity (Wildman–Crippen MR) is 236 cm³/mol. The molecule has 0 amide bonds. The summed E-state index contributed by atoms with van der Waals surface area (Å²) in [5.41, 5.74) is -0.248. The lowest BCUT2D eigenvalue weighted by Gasteiger charge is -2.51. The fraction of sp³-hybridized carbons (Fsp3) is 0.942. The maximum Gasteiger partial charge on any atom is 0.153 e. The van der Waals surface area contributed by atoms with Crippen molar-refractivity contribution in [2.45, 2.75) is 202 Å². The zero-order valence-corrected chi connectivity index (χ0v) is 40.6. The van der Waals surface area contributed by atoms with Crippen molar-refractivity contribution < 1.29 is 24.6 Å². The van der Waals surface area contributed by atoms with E-state index in [1.807, 2.05) is 0 Å². The first-order valence-electron chi connectivity index (χ1n) is 23.5. The topological polar surface area (TPSA) is 91.7 Å². The van der Waals surface area contributed by atoms with Crippen LogP contribution in [-0.2, 0) is 14.4 Å². The number of hydrogen-bond donors (Lipinski definition) is 2. The molecule has 0 heterocycles. The van der Waals surface area contributed by atoms with Crippen molar-refractivity contribution in [3.05, 3.63) is 0 Å². The van der Waals surface area contributed by atoms with Gasteiger partial charge in [0.2, 0.25) is 0 Å². The lowest BCUT2D eigenvalue weighted by atomic mass is 9.53. The van der Waals surface area contributed by atoms with Crippen LogP contribution in [0.4, 0.5) is 0 Å². The lowest BCUT2D eigenvalue weighted by Crippen LogP contribution is -2.53. The predicted octanol–water partition coefficient (Wildman–Crippen LogP) is 12.3. The van der Waals surface area contributed by atoms with Crippen LogP contribution in [0.3, 0.4) is 0 Å². The van der Waals surface area contributed by atoms with E-state index in [4.69, 9.17) is 0 Å². The summed E-state index contributed by atoms with van der Waals surface area (Å²) in [6.07, 6.45) is 5.85. The summed E-state index contributed by atoms with van der Waals surface area (Å²) in [6.45, 7) is 43.1. The number of carbonyl (C=O) groups is 3. The number of ketones is 3. The highest BCUT2D eigenvalue weighted by atomic mass is 16.3. The Morgan fingerprint density at radius 1 is 0.368 bits per heavy atom. The second kappa shape index (κ2) is 16.7. The summed E-state index contributed by atoms with van der Waals surface area (Å²) in [5, 5.41) is 23.5. The highest BCUT2D eigenvalue weighted by molar-refractivity contribution is 6.23. The van der Waals surface area contributed by atoms with E-state index in [1.165, 1.54) is 0 Å². The maximum absolute atomic E-state index is 15.1. The standard InChI is InChI=1S/C52H92O5/c1-29-36(47(2,3)4)23-30(24-37(29)48(5,6)7)20-33-42(53)34(21-31-25-38(49(8,9)10)45(56)39(26-31)50(11,12)13)44(55)35(43(33)54)22-32-27-40(51(14,15)16)46(57)41(28-32)52(17,18)19/h29-41,45-46,56-57H,20-28H2,1-19H3. The van der Waals surface area contributed by atoms with Gasteiger partial charge in [-0.3, -0.25) is 14.4 Å². The summed E-state index contributed by atoms with van der Waals surface area (Å²) in [7, 11) is 0. The Kier molecular flexibility index (Phi) is 14.2. The van der Waals surface area contributed by atoms with Gasteiger partial charge in [0.1, 0.15) is 0 Å². The van der Waals surface area contributed by atoms with Crippen LogP contribution in [-0.4, -0.2) is 39.8 Å². The second-order valence-electron chi connectivity index (χ2n) is 27.3. The molecule has 5 heteroatoms. The molecule has 330 valence electrons. The SMILES string of the molecule is CC1C(C(C)(C)C)CC(CC2C(=O)C(CC3CC(C(C)(C)C)C(O)C(C(C)(C)C)C3)C(=O)C(CC3CC(C(C)(C)C)C(O)C(C(C)(C)C)C3)C2=O)CC1C(C)(C)C. The van der Waals surface area contributed by atoms with E-state index in [9.17, 15) is 10.2 Å². The summed E-state index contributed by atoms with van der Waals surface area (Å²) in [4.78, 5) is 45.2. The monoisotopic (exact) mass is 797 g/mol. The number of hydrogen-bond acceptors (Lipinski definition) is 5. The number of aliphatic hydroxyl groups excluding tert-OH is 2. The summed E-state index contributed by atoms with van der Waals surface area (Å²) in [5.74, 6) is -0.366.